The molecule has 0 radical (unpaired) electrons. The van der Waals surface area contributed by atoms with Crippen LogP contribution in [-0.2, 0) is 16.1 Å². The lowest BCUT2D eigenvalue weighted by Gasteiger charge is -2.32. The van der Waals surface area contributed by atoms with Crippen molar-refractivity contribution < 1.29 is 38.1 Å². The molecule has 39 heavy (non-hydrogen) atoms. The molecule has 0 fully saturated rings. The highest BCUT2D eigenvalue weighted by Crippen LogP contribution is 2.35. The Morgan fingerprint density at radius 2 is 1.72 bits per heavy atom. The Bertz CT molecular complexity index is 1690. The first-order valence-electron chi connectivity index (χ1n) is 12.5. The molecule has 2 amide bonds. The number of hydrogen-bond donors (Lipinski definition) is 1. The van der Waals surface area contributed by atoms with Crippen molar-refractivity contribution in [2.45, 2.75) is 33.4 Å². The first kappa shape index (κ1) is 27.0. The second-order valence-electron chi connectivity index (χ2n) is 9.71. The summed E-state index contributed by atoms with van der Waals surface area (Å²) in [5.41, 5.74) is 7.32. The second-order valence-corrected chi connectivity index (χ2v) is 10.7. The molecule has 0 spiro atoms. The zero-order valence-electron chi connectivity index (χ0n) is 21.8. The van der Waals surface area contributed by atoms with Gasteiger partial charge >= 0.3 is 0 Å². The summed E-state index contributed by atoms with van der Waals surface area (Å²) < 4.78 is 3.00. The van der Waals surface area contributed by atoms with Crippen LogP contribution in [0.25, 0.3) is 20.8 Å². The van der Waals surface area contributed by atoms with Crippen LogP contribution in [-0.4, -0.2) is 16.8 Å². The molecule has 0 saturated carbocycles. The second kappa shape index (κ2) is 10.9. The van der Waals surface area contributed by atoms with Crippen LogP contribution in [0, 0.1) is 20.8 Å². The number of pyridine rings is 1. The van der Waals surface area contributed by atoms with Crippen LogP contribution in [0.4, 0.5) is 11.4 Å². The Morgan fingerprint density at radius 3 is 2.46 bits per heavy atom. The molecule has 1 atom stereocenters. The molecule has 3 heterocycles. The maximum Gasteiger partial charge on any atom is 0.294 e. The van der Waals surface area contributed by atoms with Gasteiger partial charge in [-0.15, -0.1) is 11.3 Å². The monoisotopic (exact) mass is 646 g/mol. The van der Waals surface area contributed by atoms with Crippen LogP contribution >= 0.6 is 11.3 Å². The summed E-state index contributed by atoms with van der Waals surface area (Å²) in [4.78, 5) is 33.7. The minimum Gasteiger partial charge on any atom is -1.00 e. The van der Waals surface area contributed by atoms with E-state index in [1.54, 1.807) is 16.2 Å². The van der Waals surface area contributed by atoms with Gasteiger partial charge in [-0.3, -0.25) is 14.5 Å². The number of carbonyl (C=O) groups is 2. The largest absolute Gasteiger partial charge is 1.00 e. The van der Waals surface area contributed by atoms with Gasteiger partial charge in [-0.1, -0.05) is 30.3 Å². The maximum atomic E-state index is 13.9. The summed E-state index contributed by atoms with van der Waals surface area (Å²) in [5, 5.41) is 4.04. The van der Waals surface area contributed by atoms with E-state index in [0.717, 1.165) is 43.3 Å². The number of aromatic nitrogens is 2. The molecule has 5 aromatic rings. The molecule has 0 bridgehead atoms. The fraction of sp³-hybridized carbons (Fsp3) is 0.161. The van der Waals surface area contributed by atoms with Gasteiger partial charge in [-0.05, 0) is 73.9 Å². The molecule has 0 aliphatic carbocycles. The van der Waals surface area contributed by atoms with Crippen LogP contribution in [0.1, 0.15) is 28.4 Å². The first-order valence-corrected chi connectivity index (χ1v) is 13.4. The molecule has 0 saturated heterocycles. The number of amides is 2. The average Bonchev–Trinajstić information content (AvgIpc) is 3.33. The summed E-state index contributed by atoms with van der Waals surface area (Å²) in [7, 11) is 0. The predicted octanol–water partition coefficient (Wildman–Crippen LogP) is 2.91. The predicted molar refractivity (Wildman–Crippen MR) is 151 cm³/mol. The highest BCUT2D eigenvalue weighted by molar-refractivity contribution is 7.21. The third-order valence-electron chi connectivity index (χ3n) is 7.00. The van der Waals surface area contributed by atoms with Crippen LogP contribution < -0.4 is 38.8 Å². The number of halogens is 1. The van der Waals surface area contributed by atoms with Gasteiger partial charge in [0.2, 0.25) is 18.3 Å². The Balaban J connectivity index is 0.00000308. The van der Waals surface area contributed by atoms with Gasteiger partial charge < -0.3 is 29.3 Å². The van der Waals surface area contributed by atoms with Gasteiger partial charge in [0.05, 0.1) is 10.2 Å². The fourth-order valence-corrected chi connectivity index (χ4v) is 6.12. The van der Waals surface area contributed by atoms with Crippen LogP contribution in [0.2, 0.25) is 0 Å². The highest BCUT2D eigenvalue weighted by atomic mass is 127. The minimum absolute atomic E-state index is 0. The summed E-state index contributed by atoms with van der Waals surface area (Å²) in [6, 6.07) is 24.8. The molecule has 2 aromatic heterocycles. The Kier molecular flexibility index (Phi) is 7.51. The lowest BCUT2D eigenvalue weighted by molar-refractivity contribution is -0.695. The maximum absolute atomic E-state index is 13.9. The quantitative estimate of drug-likeness (QED) is 0.242. The van der Waals surface area contributed by atoms with Crippen LogP contribution in [0.15, 0.2) is 85.1 Å². The van der Waals surface area contributed by atoms with Gasteiger partial charge in [0.15, 0.2) is 6.20 Å². The van der Waals surface area contributed by atoms with Gasteiger partial charge in [0, 0.05) is 29.1 Å². The molecule has 8 heteroatoms. The highest BCUT2D eigenvalue weighted by Gasteiger charge is 2.43. The van der Waals surface area contributed by atoms with E-state index < -0.39 is 6.04 Å². The minimum atomic E-state index is -0.812. The van der Waals surface area contributed by atoms with Crippen molar-refractivity contribution in [2.24, 2.45) is 0 Å². The first-order chi connectivity index (χ1) is 18.4. The molecule has 6 rings (SSSR count). The molecule has 1 unspecified atom stereocenters. The lowest BCUT2D eigenvalue weighted by Crippen LogP contribution is -3.00. The lowest BCUT2D eigenvalue weighted by atomic mass is 10.0. The molecular weight excluding hydrogens is 619 g/mol. The molecular formula is C31H27IN4O2S. The fourth-order valence-electron chi connectivity index (χ4n) is 5.05. The Hall–Kier alpha value is -3.63. The number of rotatable bonds is 4. The molecule has 196 valence electrons. The number of para-hydroxylation sites is 1. The van der Waals surface area contributed by atoms with Crippen molar-refractivity contribution in [3.8, 4) is 10.6 Å². The average molecular weight is 647 g/mol. The van der Waals surface area contributed by atoms with E-state index in [0.29, 0.717) is 5.69 Å². The summed E-state index contributed by atoms with van der Waals surface area (Å²) in [6.07, 6.45) is 1.85. The van der Waals surface area contributed by atoms with Gasteiger partial charge in [-0.2, -0.15) is 4.57 Å². The van der Waals surface area contributed by atoms with Crippen LogP contribution in [0.5, 0.6) is 0 Å². The molecule has 1 aliphatic rings. The summed E-state index contributed by atoms with van der Waals surface area (Å²) in [5.74, 6) is -0.389. The number of hydrogen-bond acceptors (Lipinski definition) is 4. The van der Waals surface area contributed by atoms with E-state index in [1.165, 1.54) is 5.56 Å². The Morgan fingerprint density at radius 1 is 0.974 bits per heavy atom. The van der Waals surface area contributed by atoms with E-state index in [1.807, 2.05) is 91.3 Å². The number of nitrogens with zero attached hydrogens (tertiary/aromatic N) is 3. The third kappa shape index (κ3) is 5.06. The number of fused-ring (bicyclic) bond motifs is 2. The summed E-state index contributed by atoms with van der Waals surface area (Å²) in [6.45, 7) is 6.18. The van der Waals surface area contributed by atoms with Crippen molar-refractivity contribution in [1.82, 2.24) is 4.98 Å². The van der Waals surface area contributed by atoms with Crippen molar-refractivity contribution in [3.05, 3.63) is 107 Å². The van der Waals surface area contributed by atoms with Crippen molar-refractivity contribution in [1.29, 1.82) is 0 Å². The van der Waals surface area contributed by atoms with Gasteiger partial charge in [0.1, 0.15) is 5.01 Å². The standard InChI is InChI=1S/C31H26N4O2S.HI/c1-19-10-15-24-26(17-19)38-31(32-24)22-11-13-23(14-12-22)35-27(36)18-34-16-5-4-9-25(34)29(35)30(37)33-28-20(2)7-6-8-21(28)3;/h4-17,29H,18H2,1-3H3;1H. The third-order valence-corrected chi connectivity index (χ3v) is 8.07. The molecule has 1 N–H and O–H groups in total. The zero-order valence-corrected chi connectivity index (χ0v) is 24.8. The van der Waals surface area contributed by atoms with E-state index in [-0.39, 0.29) is 42.3 Å². The number of anilines is 2. The van der Waals surface area contributed by atoms with Crippen molar-refractivity contribution in [3.63, 3.8) is 0 Å². The van der Waals surface area contributed by atoms with Crippen molar-refractivity contribution in [2.75, 3.05) is 10.2 Å². The van der Waals surface area contributed by atoms with E-state index in [9.17, 15) is 9.59 Å². The number of benzene rings is 3. The van der Waals surface area contributed by atoms with E-state index in [2.05, 4.69) is 24.4 Å². The SMILES string of the molecule is Cc1ccc2nc(-c3ccc(N4C(=O)C[n+]5ccccc5C4C(=O)Nc4c(C)cccc4C)cc3)sc2c1.[I-]. The Labute approximate surface area is 248 Å². The van der Waals surface area contributed by atoms with E-state index >= 15 is 0 Å². The molecule has 3 aromatic carbocycles. The van der Waals surface area contributed by atoms with Gasteiger partial charge in [0.25, 0.3) is 11.8 Å². The number of aryl methyl sites for hydroxylation is 3. The number of carbonyl (C=O) groups excluding carboxylic acids is 2. The van der Waals surface area contributed by atoms with Crippen molar-refractivity contribution >= 4 is 44.7 Å². The molecule has 6 nitrogen and oxygen atoms in total. The zero-order chi connectivity index (χ0) is 26.4. The normalized spacial score (nSPS) is 14.6. The topological polar surface area (TPSA) is 66.2 Å². The molecule has 1 aliphatic heterocycles. The smallest absolute Gasteiger partial charge is 0.294 e. The van der Waals surface area contributed by atoms with E-state index in [4.69, 9.17) is 4.98 Å². The van der Waals surface area contributed by atoms with Crippen LogP contribution in [0.3, 0.4) is 0 Å². The number of thiazole rings is 1. The summed E-state index contributed by atoms with van der Waals surface area (Å²) >= 11 is 1.65. The van der Waals surface area contributed by atoms with Gasteiger partial charge in [-0.25, -0.2) is 4.98 Å². The number of nitrogens with one attached hydrogen (secondary N) is 1.